The third-order valence-corrected chi connectivity index (χ3v) is 4.97. The molecule has 0 aromatic heterocycles. The maximum Gasteiger partial charge on any atom is 0.242 e. The molecule has 1 amide bonds. The van der Waals surface area contributed by atoms with Gasteiger partial charge in [0.15, 0.2) is 9.84 Å². The number of amides is 1. The van der Waals surface area contributed by atoms with Crippen LogP contribution >= 0.6 is 0 Å². The summed E-state index contributed by atoms with van der Waals surface area (Å²) >= 11 is 0. The standard InChI is InChI=1S/C13H16N2O3S/c1-3-8-19(17,18)10(2)13(16)15-12-7-5-4-6-11(12)9-14/h4-7,10H,3,8H2,1-2H3,(H,15,16). The lowest BCUT2D eigenvalue weighted by Gasteiger charge is -2.13. The summed E-state index contributed by atoms with van der Waals surface area (Å²) in [5, 5.41) is 10.3. The molecule has 0 aliphatic carbocycles. The van der Waals surface area contributed by atoms with E-state index in [4.69, 9.17) is 5.26 Å². The Labute approximate surface area is 113 Å². The summed E-state index contributed by atoms with van der Waals surface area (Å²) in [5.74, 6) is -0.641. The Morgan fingerprint density at radius 2 is 2.05 bits per heavy atom. The van der Waals surface area contributed by atoms with Crippen LogP contribution in [0.1, 0.15) is 25.8 Å². The highest BCUT2D eigenvalue weighted by molar-refractivity contribution is 7.92. The molecule has 19 heavy (non-hydrogen) atoms. The Bertz CT molecular complexity index is 603. The molecular weight excluding hydrogens is 264 g/mol. The van der Waals surface area contributed by atoms with Gasteiger partial charge in [0, 0.05) is 0 Å². The number of sulfone groups is 1. The molecular formula is C13H16N2O3S. The molecule has 0 saturated carbocycles. The lowest BCUT2D eigenvalue weighted by atomic mass is 10.2. The van der Waals surface area contributed by atoms with E-state index in [0.29, 0.717) is 17.7 Å². The second kappa shape index (κ2) is 6.34. The van der Waals surface area contributed by atoms with Gasteiger partial charge in [-0.2, -0.15) is 5.26 Å². The number of hydrogen-bond donors (Lipinski definition) is 1. The minimum absolute atomic E-state index is 0.0263. The molecule has 0 bridgehead atoms. The van der Waals surface area contributed by atoms with Crippen molar-refractivity contribution in [2.45, 2.75) is 25.5 Å². The van der Waals surface area contributed by atoms with Crippen LogP contribution in [0, 0.1) is 11.3 Å². The zero-order chi connectivity index (χ0) is 14.5. The average Bonchev–Trinajstić information content (AvgIpc) is 2.38. The van der Waals surface area contributed by atoms with Crippen molar-refractivity contribution in [3.8, 4) is 6.07 Å². The highest BCUT2D eigenvalue weighted by Gasteiger charge is 2.27. The quantitative estimate of drug-likeness (QED) is 0.889. The van der Waals surface area contributed by atoms with Crippen molar-refractivity contribution in [3.05, 3.63) is 29.8 Å². The highest BCUT2D eigenvalue weighted by atomic mass is 32.2. The Morgan fingerprint density at radius 1 is 1.42 bits per heavy atom. The van der Waals surface area contributed by atoms with E-state index in [1.54, 1.807) is 31.2 Å². The molecule has 0 fully saturated rings. The van der Waals surface area contributed by atoms with Gasteiger partial charge in [0.2, 0.25) is 5.91 Å². The first-order chi connectivity index (χ1) is 8.92. The molecule has 1 aromatic rings. The fourth-order valence-corrected chi connectivity index (χ4v) is 2.86. The number of benzene rings is 1. The van der Waals surface area contributed by atoms with E-state index in [0.717, 1.165) is 0 Å². The van der Waals surface area contributed by atoms with Crippen molar-refractivity contribution >= 4 is 21.4 Å². The summed E-state index contributed by atoms with van der Waals surface area (Å²) in [6.07, 6.45) is 0.467. The number of nitriles is 1. The summed E-state index contributed by atoms with van der Waals surface area (Å²) in [5.41, 5.74) is 0.629. The Hall–Kier alpha value is -1.87. The third-order valence-electron chi connectivity index (χ3n) is 2.70. The van der Waals surface area contributed by atoms with Gasteiger partial charge in [-0.25, -0.2) is 8.42 Å². The molecule has 5 nitrogen and oxygen atoms in total. The molecule has 1 atom stereocenters. The Kier molecular flexibility index (Phi) is 5.07. The van der Waals surface area contributed by atoms with Crippen LogP contribution in [0.25, 0.3) is 0 Å². The van der Waals surface area contributed by atoms with Crippen LogP contribution in [0.5, 0.6) is 0 Å². The second-order valence-electron chi connectivity index (χ2n) is 4.16. The minimum atomic E-state index is -3.44. The number of anilines is 1. The van der Waals surface area contributed by atoms with E-state index in [1.807, 2.05) is 6.07 Å². The number of nitrogens with zero attached hydrogens (tertiary/aromatic N) is 1. The largest absolute Gasteiger partial charge is 0.324 e. The van der Waals surface area contributed by atoms with Crippen LogP contribution in [0.15, 0.2) is 24.3 Å². The lowest BCUT2D eigenvalue weighted by molar-refractivity contribution is -0.115. The SMILES string of the molecule is CCCS(=O)(=O)C(C)C(=O)Nc1ccccc1C#N. The van der Waals surface area contributed by atoms with Crippen LogP contribution in [-0.2, 0) is 14.6 Å². The number of para-hydroxylation sites is 1. The zero-order valence-corrected chi connectivity index (χ0v) is 11.7. The first-order valence-electron chi connectivity index (χ1n) is 5.94. The van der Waals surface area contributed by atoms with E-state index >= 15 is 0 Å². The zero-order valence-electron chi connectivity index (χ0n) is 10.9. The van der Waals surface area contributed by atoms with Crippen molar-refractivity contribution in [2.24, 2.45) is 0 Å². The van der Waals surface area contributed by atoms with Crippen LogP contribution in [0.3, 0.4) is 0 Å². The predicted octanol–water partition coefficient (Wildman–Crippen LogP) is 1.71. The van der Waals surface area contributed by atoms with E-state index in [2.05, 4.69) is 5.32 Å². The predicted molar refractivity (Wildman–Crippen MR) is 73.3 cm³/mol. The molecule has 1 N–H and O–H groups in total. The Morgan fingerprint density at radius 3 is 2.63 bits per heavy atom. The summed E-state index contributed by atoms with van der Waals surface area (Å²) in [7, 11) is -3.44. The van der Waals surface area contributed by atoms with Gasteiger partial charge in [-0.3, -0.25) is 4.79 Å². The van der Waals surface area contributed by atoms with E-state index in [9.17, 15) is 13.2 Å². The number of nitrogens with one attached hydrogen (secondary N) is 1. The molecule has 0 aliphatic heterocycles. The fourth-order valence-electron chi connectivity index (χ4n) is 1.55. The summed E-state index contributed by atoms with van der Waals surface area (Å²) in [4.78, 5) is 11.9. The molecule has 102 valence electrons. The van der Waals surface area contributed by atoms with Crippen LogP contribution < -0.4 is 5.32 Å². The normalized spacial score (nSPS) is 12.5. The van der Waals surface area contributed by atoms with Crippen molar-refractivity contribution in [1.29, 1.82) is 5.26 Å². The maximum atomic E-state index is 11.9. The van der Waals surface area contributed by atoms with Gasteiger partial charge in [-0.05, 0) is 25.5 Å². The molecule has 0 saturated heterocycles. The van der Waals surface area contributed by atoms with E-state index in [-0.39, 0.29) is 5.75 Å². The number of carbonyl (C=O) groups excluding carboxylic acids is 1. The van der Waals surface area contributed by atoms with Crippen molar-refractivity contribution in [3.63, 3.8) is 0 Å². The highest BCUT2D eigenvalue weighted by Crippen LogP contribution is 2.15. The number of carbonyl (C=O) groups is 1. The van der Waals surface area contributed by atoms with Gasteiger partial charge in [0.25, 0.3) is 0 Å². The first kappa shape index (κ1) is 15.2. The molecule has 0 radical (unpaired) electrons. The second-order valence-corrected chi connectivity index (χ2v) is 6.60. The topological polar surface area (TPSA) is 87.0 Å². The minimum Gasteiger partial charge on any atom is -0.324 e. The van der Waals surface area contributed by atoms with Crippen LogP contribution in [0.4, 0.5) is 5.69 Å². The summed E-state index contributed by atoms with van der Waals surface area (Å²) in [6, 6.07) is 8.40. The molecule has 1 unspecified atom stereocenters. The van der Waals surface area contributed by atoms with Crippen molar-refractivity contribution in [1.82, 2.24) is 0 Å². The monoisotopic (exact) mass is 280 g/mol. The maximum absolute atomic E-state index is 11.9. The average molecular weight is 280 g/mol. The Balaban J connectivity index is 2.89. The van der Waals surface area contributed by atoms with Crippen LogP contribution in [0.2, 0.25) is 0 Å². The molecule has 0 heterocycles. The number of rotatable bonds is 5. The third kappa shape index (κ3) is 3.80. The van der Waals surface area contributed by atoms with Crippen LogP contribution in [-0.4, -0.2) is 25.3 Å². The molecule has 0 spiro atoms. The lowest BCUT2D eigenvalue weighted by Crippen LogP contribution is -2.34. The fraction of sp³-hybridized carbons (Fsp3) is 0.385. The molecule has 1 aromatic carbocycles. The van der Waals surface area contributed by atoms with Gasteiger partial charge in [-0.1, -0.05) is 19.1 Å². The van der Waals surface area contributed by atoms with Crippen molar-refractivity contribution in [2.75, 3.05) is 11.1 Å². The van der Waals surface area contributed by atoms with Gasteiger partial charge in [-0.15, -0.1) is 0 Å². The first-order valence-corrected chi connectivity index (χ1v) is 7.65. The summed E-state index contributed by atoms with van der Waals surface area (Å²) in [6.45, 7) is 3.10. The van der Waals surface area contributed by atoms with Gasteiger partial charge in [0.1, 0.15) is 11.3 Å². The van der Waals surface area contributed by atoms with E-state index < -0.39 is 21.0 Å². The molecule has 0 aliphatic rings. The van der Waals surface area contributed by atoms with E-state index in [1.165, 1.54) is 6.92 Å². The molecule has 6 heteroatoms. The van der Waals surface area contributed by atoms with Gasteiger partial charge < -0.3 is 5.32 Å². The van der Waals surface area contributed by atoms with Gasteiger partial charge in [0.05, 0.1) is 17.0 Å². The molecule has 1 rings (SSSR count). The number of hydrogen-bond acceptors (Lipinski definition) is 4. The smallest absolute Gasteiger partial charge is 0.242 e. The summed E-state index contributed by atoms with van der Waals surface area (Å²) < 4.78 is 23.6. The van der Waals surface area contributed by atoms with Crippen molar-refractivity contribution < 1.29 is 13.2 Å². The van der Waals surface area contributed by atoms with Gasteiger partial charge >= 0.3 is 0 Å².